The molecule has 3 heteroatoms. The lowest BCUT2D eigenvalue weighted by Crippen LogP contribution is -1.99. The second-order valence-electron chi connectivity index (χ2n) is 7.33. The number of rotatable bonds is 2. The quantitative estimate of drug-likeness (QED) is 0.428. The number of aryl methyl sites for hydroxylation is 2. The molecule has 0 aliphatic heterocycles. The third-order valence-electron chi connectivity index (χ3n) is 5.25. The highest BCUT2D eigenvalue weighted by atomic mass is 15.5. The van der Waals surface area contributed by atoms with Crippen LogP contribution in [0.2, 0.25) is 0 Å². The number of hydrogen-bond donors (Lipinski definition) is 0. The van der Waals surface area contributed by atoms with E-state index < -0.39 is 0 Å². The Morgan fingerprint density at radius 2 is 1.75 bits per heavy atom. The smallest absolute Gasteiger partial charge is 0.121 e. The Morgan fingerprint density at radius 1 is 0.857 bits per heavy atom. The van der Waals surface area contributed by atoms with Crippen LogP contribution < -0.4 is 0 Å². The Balaban J connectivity index is 1.60. The highest BCUT2D eigenvalue weighted by molar-refractivity contribution is 5.89. The zero-order chi connectivity index (χ0) is 19.1. The average molecular weight is 363 g/mol. The molecule has 4 aromatic rings. The molecule has 0 saturated carbocycles. The van der Waals surface area contributed by atoms with E-state index in [1.165, 1.54) is 27.8 Å². The maximum Gasteiger partial charge on any atom is 0.121 e. The summed E-state index contributed by atoms with van der Waals surface area (Å²) in [7, 11) is 0. The summed E-state index contributed by atoms with van der Waals surface area (Å²) < 4.78 is 0. The van der Waals surface area contributed by atoms with Crippen molar-refractivity contribution in [2.24, 2.45) is 0 Å². The summed E-state index contributed by atoms with van der Waals surface area (Å²) in [5.74, 6) is 0. The monoisotopic (exact) mass is 363 g/mol. The van der Waals surface area contributed by atoms with Crippen molar-refractivity contribution in [3.05, 3.63) is 89.0 Å². The molecule has 0 unspecified atom stereocenters. The van der Waals surface area contributed by atoms with Crippen molar-refractivity contribution >= 4 is 23.2 Å². The van der Waals surface area contributed by atoms with E-state index in [9.17, 15) is 0 Å². The predicted molar refractivity (Wildman–Crippen MR) is 116 cm³/mol. The first-order chi connectivity index (χ1) is 13.7. The molecule has 0 saturated heterocycles. The zero-order valence-electron chi connectivity index (χ0n) is 16.1. The molecule has 0 N–H and O–H groups in total. The number of hydrogen-bond acceptors (Lipinski definition) is 2. The van der Waals surface area contributed by atoms with Crippen LogP contribution >= 0.6 is 0 Å². The van der Waals surface area contributed by atoms with E-state index in [2.05, 4.69) is 92.7 Å². The summed E-state index contributed by atoms with van der Waals surface area (Å²) >= 11 is 0. The second-order valence-corrected chi connectivity index (χ2v) is 7.33. The minimum absolute atomic E-state index is 0.916. The van der Waals surface area contributed by atoms with E-state index in [1.807, 2.05) is 0 Å². The number of benzene rings is 3. The van der Waals surface area contributed by atoms with Gasteiger partial charge in [0.15, 0.2) is 0 Å². The zero-order valence-corrected chi connectivity index (χ0v) is 16.1. The lowest BCUT2D eigenvalue weighted by Gasteiger charge is -2.09. The van der Waals surface area contributed by atoms with Crippen LogP contribution in [0.25, 0.3) is 40.0 Å². The van der Waals surface area contributed by atoms with Crippen LogP contribution in [0, 0.1) is 13.8 Å². The summed E-state index contributed by atoms with van der Waals surface area (Å²) in [6.07, 6.45) is 9.61. The molecule has 1 aliphatic carbocycles. The normalized spacial score (nSPS) is 12.9. The third kappa shape index (κ3) is 2.85. The minimum atomic E-state index is 0.916. The van der Waals surface area contributed by atoms with Gasteiger partial charge in [0.1, 0.15) is 11.0 Å². The Morgan fingerprint density at radius 3 is 2.61 bits per heavy atom. The summed E-state index contributed by atoms with van der Waals surface area (Å²) in [6.45, 7) is 4.27. The first-order valence-corrected chi connectivity index (χ1v) is 9.60. The van der Waals surface area contributed by atoms with Gasteiger partial charge in [-0.3, -0.25) is 0 Å². The fourth-order valence-electron chi connectivity index (χ4n) is 3.82. The summed E-state index contributed by atoms with van der Waals surface area (Å²) in [5.41, 5.74) is 10.1. The molecule has 3 nitrogen and oxygen atoms in total. The topological polar surface area (TPSA) is 30.7 Å². The van der Waals surface area contributed by atoms with Gasteiger partial charge in [-0.25, -0.2) is 0 Å². The molecule has 3 aromatic carbocycles. The highest BCUT2D eigenvalue weighted by Gasteiger charge is 2.12. The largest absolute Gasteiger partial charge is 0.150 e. The van der Waals surface area contributed by atoms with Crippen LogP contribution in [0.1, 0.15) is 28.7 Å². The number of fused-ring (bicyclic) bond motifs is 3. The Hall–Kier alpha value is -3.46. The maximum atomic E-state index is 4.82. The molecule has 0 amide bonds. The van der Waals surface area contributed by atoms with Crippen molar-refractivity contribution in [3.63, 3.8) is 0 Å². The molecule has 0 fully saturated rings. The van der Waals surface area contributed by atoms with Gasteiger partial charge in [0.2, 0.25) is 0 Å². The van der Waals surface area contributed by atoms with Gasteiger partial charge in [0.05, 0.1) is 5.69 Å². The fraction of sp³-hybridized carbons (Fsp3) is 0.120. The predicted octanol–water partition coefficient (Wildman–Crippen LogP) is 6.13. The molecule has 1 aliphatic rings. The van der Waals surface area contributed by atoms with Crippen LogP contribution in [-0.2, 0) is 0 Å². The van der Waals surface area contributed by atoms with Gasteiger partial charge in [-0.2, -0.15) is 4.80 Å². The minimum Gasteiger partial charge on any atom is -0.150 e. The molecule has 1 aromatic heterocycles. The van der Waals surface area contributed by atoms with Crippen LogP contribution in [0.15, 0.2) is 66.7 Å². The lowest BCUT2D eigenvalue weighted by atomic mass is 9.99. The molecule has 136 valence electrons. The van der Waals surface area contributed by atoms with Crippen LogP contribution in [0.3, 0.4) is 0 Å². The first-order valence-electron chi connectivity index (χ1n) is 9.60. The molecule has 28 heavy (non-hydrogen) atoms. The van der Waals surface area contributed by atoms with Gasteiger partial charge in [-0.1, -0.05) is 66.3 Å². The van der Waals surface area contributed by atoms with Crippen molar-refractivity contribution < 1.29 is 0 Å². The van der Waals surface area contributed by atoms with E-state index in [0.29, 0.717) is 0 Å². The van der Waals surface area contributed by atoms with E-state index in [-0.39, 0.29) is 0 Å². The van der Waals surface area contributed by atoms with Gasteiger partial charge in [-0.15, -0.1) is 10.2 Å². The SMILES string of the molecule is Cc1cccc(-c2ccc(-n3nc4ccc5c(c4n3)C=CCC=C5)cc2C)c1. The maximum absolute atomic E-state index is 4.82. The van der Waals surface area contributed by atoms with Crippen LogP contribution in [0.4, 0.5) is 0 Å². The second kappa shape index (κ2) is 6.61. The molecule has 0 spiro atoms. The van der Waals surface area contributed by atoms with Gasteiger partial charge in [-0.05, 0) is 60.7 Å². The molecule has 0 radical (unpaired) electrons. The summed E-state index contributed by atoms with van der Waals surface area (Å²) in [6, 6.07) is 19.2. The molecule has 0 bridgehead atoms. The summed E-state index contributed by atoms with van der Waals surface area (Å²) in [5, 5.41) is 9.54. The van der Waals surface area contributed by atoms with Gasteiger partial charge in [0, 0.05) is 5.56 Å². The molecule has 0 atom stereocenters. The van der Waals surface area contributed by atoms with Crippen molar-refractivity contribution in [3.8, 4) is 16.8 Å². The Labute approximate surface area is 164 Å². The summed E-state index contributed by atoms with van der Waals surface area (Å²) in [4.78, 5) is 1.75. The van der Waals surface area contributed by atoms with Crippen molar-refractivity contribution in [2.45, 2.75) is 20.3 Å². The van der Waals surface area contributed by atoms with E-state index in [1.54, 1.807) is 4.80 Å². The standard InChI is InChI=1S/C25H21N3/c1-17-7-6-9-20(15-17)22-13-12-21(16-18(22)2)28-26-24-14-11-19-8-4-3-5-10-23(19)25(24)27-28/h4-16H,3H2,1-2H3. The van der Waals surface area contributed by atoms with Crippen molar-refractivity contribution in [1.29, 1.82) is 0 Å². The van der Waals surface area contributed by atoms with E-state index in [4.69, 9.17) is 10.2 Å². The number of allylic oxidation sites excluding steroid dienone is 2. The van der Waals surface area contributed by atoms with Crippen LogP contribution in [0.5, 0.6) is 0 Å². The highest BCUT2D eigenvalue weighted by Crippen LogP contribution is 2.28. The van der Waals surface area contributed by atoms with Gasteiger partial charge >= 0.3 is 0 Å². The van der Waals surface area contributed by atoms with E-state index in [0.717, 1.165) is 28.7 Å². The molecule has 1 heterocycles. The third-order valence-corrected chi connectivity index (χ3v) is 5.25. The molecular weight excluding hydrogens is 342 g/mol. The van der Waals surface area contributed by atoms with Crippen molar-refractivity contribution in [2.75, 3.05) is 0 Å². The average Bonchev–Trinajstić information content (AvgIpc) is 2.99. The Kier molecular flexibility index (Phi) is 3.94. The molecule has 5 rings (SSSR count). The first kappa shape index (κ1) is 16.7. The van der Waals surface area contributed by atoms with Gasteiger partial charge < -0.3 is 0 Å². The van der Waals surface area contributed by atoms with Crippen molar-refractivity contribution in [1.82, 2.24) is 15.0 Å². The number of aromatic nitrogens is 3. The fourth-order valence-corrected chi connectivity index (χ4v) is 3.82. The van der Waals surface area contributed by atoms with Gasteiger partial charge in [0.25, 0.3) is 0 Å². The lowest BCUT2D eigenvalue weighted by molar-refractivity contribution is 0.765. The van der Waals surface area contributed by atoms with E-state index >= 15 is 0 Å². The Bertz CT molecular complexity index is 1260. The van der Waals surface area contributed by atoms with Crippen LogP contribution in [-0.4, -0.2) is 15.0 Å². The molecular formula is C25H21N3. The number of nitrogens with zero attached hydrogens (tertiary/aromatic N) is 3.